The molecule has 76 valence electrons. The van der Waals surface area contributed by atoms with Crippen LogP contribution in [0.15, 0.2) is 18.2 Å². The standard InChI is InChI=1S/C8H5F3O3/c9-6-2-1-4(14-8(10)11)3-5(6)7(12)13/h1-3,8H,(H,12,13). The quantitative estimate of drug-likeness (QED) is 0.823. The molecule has 0 aliphatic rings. The van der Waals surface area contributed by atoms with E-state index < -0.39 is 24.0 Å². The smallest absolute Gasteiger partial charge is 0.387 e. The van der Waals surface area contributed by atoms with Crippen LogP contribution in [0, 0.1) is 5.82 Å². The molecule has 0 atom stereocenters. The molecule has 0 saturated heterocycles. The van der Waals surface area contributed by atoms with E-state index in [-0.39, 0.29) is 5.75 Å². The van der Waals surface area contributed by atoms with Gasteiger partial charge in [0, 0.05) is 0 Å². The lowest BCUT2D eigenvalue weighted by Crippen LogP contribution is -2.05. The highest BCUT2D eigenvalue weighted by Crippen LogP contribution is 2.18. The minimum absolute atomic E-state index is 0.390. The molecule has 0 spiro atoms. The van der Waals surface area contributed by atoms with E-state index in [9.17, 15) is 18.0 Å². The first kappa shape index (κ1) is 10.4. The van der Waals surface area contributed by atoms with Crippen LogP contribution in [0.1, 0.15) is 10.4 Å². The molecule has 0 unspecified atom stereocenters. The van der Waals surface area contributed by atoms with Gasteiger partial charge in [-0.2, -0.15) is 8.78 Å². The Hall–Kier alpha value is -1.72. The van der Waals surface area contributed by atoms with Crippen molar-refractivity contribution in [2.45, 2.75) is 6.61 Å². The number of alkyl halides is 2. The highest BCUT2D eigenvalue weighted by atomic mass is 19.3. The van der Waals surface area contributed by atoms with E-state index in [1.807, 2.05) is 0 Å². The fourth-order valence-corrected chi connectivity index (χ4v) is 0.844. The molecule has 0 aliphatic heterocycles. The van der Waals surface area contributed by atoms with Gasteiger partial charge in [0.25, 0.3) is 0 Å². The fraction of sp³-hybridized carbons (Fsp3) is 0.125. The Labute approximate surface area is 76.7 Å². The summed E-state index contributed by atoms with van der Waals surface area (Å²) in [6, 6.07) is 2.37. The topological polar surface area (TPSA) is 46.5 Å². The van der Waals surface area contributed by atoms with E-state index in [0.29, 0.717) is 6.07 Å². The Morgan fingerprint density at radius 2 is 2.07 bits per heavy atom. The third-order valence-electron chi connectivity index (χ3n) is 1.39. The molecule has 1 rings (SSSR count). The van der Waals surface area contributed by atoms with Gasteiger partial charge < -0.3 is 9.84 Å². The first-order valence-corrected chi connectivity index (χ1v) is 3.48. The maximum absolute atomic E-state index is 12.7. The Morgan fingerprint density at radius 1 is 1.43 bits per heavy atom. The molecule has 0 amide bonds. The predicted octanol–water partition coefficient (Wildman–Crippen LogP) is 2.13. The van der Waals surface area contributed by atoms with E-state index in [2.05, 4.69) is 4.74 Å². The summed E-state index contributed by atoms with van der Waals surface area (Å²) in [6.07, 6.45) is 0. The average molecular weight is 206 g/mol. The van der Waals surface area contributed by atoms with Crippen LogP contribution in [0.25, 0.3) is 0 Å². The van der Waals surface area contributed by atoms with Gasteiger partial charge in [-0.05, 0) is 18.2 Å². The van der Waals surface area contributed by atoms with Gasteiger partial charge in [-0.1, -0.05) is 0 Å². The number of ether oxygens (including phenoxy) is 1. The summed E-state index contributed by atoms with van der Waals surface area (Å²) in [7, 11) is 0. The number of aromatic carboxylic acids is 1. The monoisotopic (exact) mass is 206 g/mol. The summed E-state index contributed by atoms with van der Waals surface area (Å²) < 4.78 is 40.0. The first-order valence-electron chi connectivity index (χ1n) is 3.48. The van der Waals surface area contributed by atoms with Gasteiger partial charge in [-0.25, -0.2) is 9.18 Å². The number of carboxylic acids is 1. The minimum Gasteiger partial charge on any atom is -0.478 e. The predicted molar refractivity (Wildman–Crippen MR) is 40.0 cm³/mol. The van der Waals surface area contributed by atoms with Crippen molar-refractivity contribution in [1.29, 1.82) is 0 Å². The average Bonchev–Trinajstić information content (AvgIpc) is 2.07. The second-order valence-corrected chi connectivity index (χ2v) is 2.33. The molecule has 0 aliphatic carbocycles. The van der Waals surface area contributed by atoms with Gasteiger partial charge >= 0.3 is 12.6 Å². The maximum Gasteiger partial charge on any atom is 0.387 e. The highest BCUT2D eigenvalue weighted by molar-refractivity contribution is 5.88. The summed E-state index contributed by atoms with van der Waals surface area (Å²) in [5.41, 5.74) is -0.705. The zero-order valence-corrected chi connectivity index (χ0v) is 6.71. The first-order chi connectivity index (χ1) is 6.50. The number of hydrogen-bond donors (Lipinski definition) is 1. The lowest BCUT2D eigenvalue weighted by Gasteiger charge is -2.05. The third kappa shape index (κ3) is 2.38. The van der Waals surface area contributed by atoms with Crippen LogP contribution in [0.2, 0.25) is 0 Å². The van der Waals surface area contributed by atoms with Crippen molar-refractivity contribution in [1.82, 2.24) is 0 Å². The van der Waals surface area contributed by atoms with Crippen molar-refractivity contribution in [3.8, 4) is 5.75 Å². The Morgan fingerprint density at radius 3 is 2.57 bits per heavy atom. The number of rotatable bonds is 3. The molecular formula is C8H5F3O3. The maximum atomic E-state index is 12.7. The minimum atomic E-state index is -3.07. The normalized spacial score (nSPS) is 10.3. The molecule has 6 heteroatoms. The molecule has 0 aromatic heterocycles. The summed E-state index contributed by atoms with van der Waals surface area (Å²) in [5.74, 6) is -2.93. The van der Waals surface area contributed by atoms with E-state index in [4.69, 9.17) is 5.11 Å². The van der Waals surface area contributed by atoms with Gasteiger partial charge in [0.05, 0.1) is 5.56 Å². The van der Waals surface area contributed by atoms with E-state index in [1.165, 1.54) is 0 Å². The lowest BCUT2D eigenvalue weighted by molar-refractivity contribution is -0.0499. The van der Waals surface area contributed by atoms with Crippen LogP contribution in [0.5, 0.6) is 5.75 Å². The molecule has 1 N–H and O–H groups in total. The largest absolute Gasteiger partial charge is 0.478 e. The molecule has 0 radical (unpaired) electrons. The summed E-state index contributed by atoms with van der Waals surface area (Å²) in [5, 5.41) is 8.44. The lowest BCUT2D eigenvalue weighted by atomic mass is 10.2. The molecule has 0 saturated carbocycles. The van der Waals surface area contributed by atoms with Crippen LogP contribution in [-0.2, 0) is 0 Å². The van der Waals surface area contributed by atoms with Crippen LogP contribution in [-0.4, -0.2) is 17.7 Å². The second-order valence-electron chi connectivity index (χ2n) is 2.33. The van der Waals surface area contributed by atoms with Gasteiger partial charge in [-0.15, -0.1) is 0 Å². The zero-order chi connectivity index (χ0) is 10.7. The second kappa shape index (κ2) is 3.99. The summed E-state index contributed by atoms with van der Waals surface area (Å²) >= 11 is 0. The van der Waals surface area contributed by atoms with Crippen LogP contribution < -0.4 is 4.74 Å². The van der Waals surface area contributed by atoms with Crippen LogP contribution >= 0.6 is 0 Å². The molecule has 0 heterocycles. The van der Waals surface area contributed by atoms with Gasteiger partial charge in [0.2, 0.25) is 0 Å². The van der Waals surface area contributed by atoms with Crippen molar-refractivity contribution in [2.24, 2.45) is 0 Å². The third-order valence-corrected chi connectivity index (χ3v) is 1.39. The molecule has 0 bridgehead atoms. The fourth-order valence-electron chi connectivity index (χ4n) is 0.844. The SMILES string of the molecule is O=C(O)c1cc(OC(F)F)ccc1F. The molecule has 1 aromatic carbocycles. The zero-order valence-electron chi connectivity index (χ0n) is 6.71. The number of halogens is 3. The molecule has 3 nitrogen and oxygen atoms in total. The molecule has 14 heavy (non-hydrogen) atoms. The van der Waals surface area contributed by atoms with Crippen LogP contribution in [0.3, 0.4) is 0 Å². The Balaban J connectivity index is 3.00. The number of benzene rings is 1. The van der Waals surface area contributed by atoms with E-state index >= 15 is 0 Å². The van der Waals surface area contributed by atoms with Gasteiger partial charge in [0.15, 0.2) is 0 Å². The van der Waals surface area contributed by atoms with E-state index in [1.54, 1.807) is 0 Å². The number of hydrogen-bond acceptors (Lipinski definition) is 2. The number of carbonyl (C=O) groups is 1. The van der Waals surface area contributed by atoms with Crippen molar-refractivity contribution in [2.75, 3.05) is 0 Å². The van der Waals surface area contributed by atoms with Crippen molar-refractivity contribution in [3.05, 3.63) is 29.6 Å². The highest BCUT2D eigenvalue weighted by Gasteiger charge is 2.13. The summed E-state index contributed by atoms with van der Waals surface area (Å²) in [4.78, 5) is 10.4. The van der Waals surface area contributed by atoms with Gasteiger partial charge in [0.1, 0.15) is 11.6 Å². The molecule has 0 fully saturated rings. The van der Waals surface area contributed by atoms with E-state index in [0.717, 1.165) is 12.1 Å². The Kier molecular flexibility index (Phi) is 2.95. The van der Waals surface area contributed by atoms with Crippen LogP contribution in [0.4, 0.5) is 13.2 Å². The van der Waals surface area contributed by atoms with Gasteiger partial charge in [-0.3, -0.25) is 0 Å². The van der Waals surface area contributed by atoms with Crippen molar-refractivity contribution >= 4 is 5.97 Å². The summed E-state index contributed by atoms with van der Waals surface area (Å²) in [6.45, 7) is -3.07. The molecular weight excluding hydrogens is 201 g/mol. The molecule has 1 aromatic rings. The number of carboxylic acid groups (broad SMARTS) is 1. The Bertz CT molecular complexity index is 352. The van der Waals surface area contributed by atoms with Crippen molar-refractivity contribution < 1.29 is 27.8 Å². The van der Waals surface area contributed by atoms with Crippen molar-refractivity contribution in [3.63, 3.8) is 0 Å².